The van der Waals surface area contributed by atoms with Crippen LogP contribution in [0.5, 0.6) is 0 Å². The van der Waals surface area contributed by atoms with Crippen LogP contribution in [0.1, 0.15) is 80.5 Å². The molecule has 0 N–H and O–H groups in total. The van der Waals surface area contributed by atoms with Crippen LogP contribution >= 0.6 is 0 Å². The summed E-state index contributed by atoms with van der Waals surface area (Å²) >= 11 is 0. The average Bonchev–Trinajstić information content (AvgIpc) is 2.65. The molecule has 7 heteroatoms. The van der Waals surface area contributed by atoms with Crippen LogP contribution in [0.2, 0.25) is 0 Å². The first-order valence-corrected chi connectivity index (χ1v) is 10.5. The summed E-state index contributed by atoms with van der Waals surface area (Å²) in [5.41, 5.74) is 1.39. The highest BCUT2D eigenvalue weighted by atomic mass is 32.2. The normalized spacial score (nSPS) is 11.1. The van der Waals surface area contributed by atoms with Crippen LogP contribution in [0, 0.1) is 5.92 Å². The number of hydrogen-bond acceptors (Lipinski definition) is 5. The van der Waals surface area contributed by atoms with Crippen LogP contribution < -0.4 is 0 Å². The highest BCUT2D eigenvalue weighted by molar-refractivity contribution is 7.59. The molecule has 0 aliphatic rings. The Morgan fingerprint density at radius 3 is 1.85 bits per heavy atom. The first-order valence-electron chi connectivity index (χ1n) is 9.52. The second kappa shape index (κ2) is 14.1. The zero-order chi connectivity index (χ0) is 20.8. The van der Waals surface area contributed by atoms with Gasteiger partial charge in [0, 0.05) is 30.1 Å². The Bertz CT molecular complexity index is 676. The molecule has 0 bridgehead atoms. The minimum absolute atomic E-state index is 0.0476. The van der Waals surface area contributed by atoms with E-state index in [4.69, 9.17) is 12.6 Å². The van der Waals surface area contributed by atoms with E-state index in [-0.39, 0.29) is 17.6 Å². The molecular weight excluding hydrogens is 366 g/mol. The van der Waals surface area contributed by atoms with Gasteiger partial charge in [-0.05, 0) is 38.3 Å². The molecule has 1 aromatic carbocycles. The zero-order valence-electron chi connectivity index (χ0n) is 16.7. The number of Topliss-reactive ketones (excluding diaryl/α,β-unsaturated/α-hetero) is 1. The second-order valence-corrected chi connectivity index (χ2v) is 6.69. The van der Waals surface area contributed by atoms with Crippen molar-refractivity contribution in [1.29, 1.82) is 0 Å². The molecule has 0 heterocycles. The predicted molar refractivity (Wildman–Crippen MR) is 106 cm³/mol. The van der Waals surface area contributed by atoms with Gasteiger partial charge in [-0.25, -0.2) is 0 Å². The molecule has 0 aromatic heterocycles. The molecule has 0 saturated heterocycles. The fourth-order valence-corrected chi connectivity index (χ4v) is 2.84. The Balaban J connectivity index is 0.00000153. The van der Waals surface area contributed by atoms with Crippen LogP contribution in [-0.2, 0) is 10.6 Å². The topological polar surface area (TPSA) is 88.6 Å². The van der Waals surface area contributed by atoms with E-state index in [2.05, 4.69) is 20.8 Å². The van der Waals surface area contributed by atoms with Crippen molar-refractivity contribution in [3.05, 3.63) is 35.4 Å². The lowest BCUT2D eigenvalue weighted by Gasteiger charge is -2.20. The van der Waals surface area contributed by atoms with E-state index >= 15 is 0 Å². The number of unbranched alkanes of at least 4 members (excludes halogenated alkanes) is 1. The van der Waals surface area contributed by atoms with Gasteiger partial charge >= 0.3 is 10.6 Å². The molecule has 1 aromatic rings. The molecule has 152 valence electrons. The van der Waals surface area contributed by atoms with E-state index in [0.717, 1.165) is 44.2 Å². The van der Waals surface area contributed by atoms with Crippen LogP contribution in [0.25, 0.3) is 0 Å². The fourth-order valence-electron chi connectivity index (χ4n) is 2.84. The summed E-state index contributed by atoms with van der Waals surface area (Å²) in [6, 6.07) is 7.20. The monoisotopic (exact) mass is 397 g/mol. The zero-order valence-corrected chi connectivity index (χ0v) is 17.5. The quantitative estimate of drug-likeness (QED) is 0.558. The Morgan fingerprint density at radius 1 is 0.926 bits per heavy atom. The number of ketones is 1. The standard InChI is InChI=1S/C20H31NO2.O3S/c1-5-9-10-16(7-3)19(22)17-11-13-18(14-12-17)20(23)21(8-4)15-6-2;1-4(2)3/h11-14,16H,5-10,15H2,1-4H3;. The molecule has 0 radical (unpaired) electrons. The largest absolute Gasteiger partial charge is 0.425 e. The molecule has 27 heavy (non-hydrogen) atoms. The van der Waals surface area contributed by atoms with Crippen LogP contribution in [0.3, 0.4) is 0 Å². The van der Waals surface area contributed by atoms with Gasteiger partial charge in [-0.3, -0.25) is 9.59 Å². The van der Waals surface area contributed by atoms with Crippen LogP contribution in [0.15, 0.2) is 24.3 Å². The Morgan fingerprint density at radius 2 is 1.44 bits per heavy atom. The summed E-state index contributed by atoms with van der Waals surface area (Å²) in [6.45, 7) is 9.75. The van der Waals surface area contributed by atoms with Crippen molar-refractivity contribution in [3.63, 3.8) is 0 Å². The number of hydrogen-bond donors (Lipinski definition) is 0. The van der Waals surface area contributed by atoms with E-state index in [1.54, 1.807) is 12.1 Å². The van der Waals surface area contributed by atoms with Crippen molar-refractivity contribution in [2.24, 2.45) is 5.92 Å². The molecule has 1 amide bonds. The van der Waals surface area contributed by atoms with Crippen molar-refractivity contribution >= 4 is 22.3 Å². The first-order chi connectivity index (χ1) is 12.8. The van der Waals surface area contributed by atoms with Crippen molar-refractivity contribution in [3.8, 4) is 0 Å². The summed E-state index contributed by atoms with van der Waals surface area (Å²) in [5.74, 6) is 0.357. The number of amides is 1. The van der Waals surface area contributed by atoms with E-state index in [1.807, 2.05) is 24.0 Å². The van der Waals surface area contributed by atoms with E-state index in [0.29, 0.717) is 12.1 Å². The van der Waals surface area contributed by atoms with Gasteiger partial charge < -0.3 is 4.90 Å². The lowest BCUT2D eigenvalue weighted by molar-refractivity contribution is 0.0763. The van der Waals surface area contributed by atoms with E-state index < -0.39 is 10.6 Å². The van der Waals surface area contributed by atoms with E-state index in [1.165, 1.54) is 0 Å². The van der Waals surface area contributed by atoms with Gasteiger partial charge in [0.05, 0.1) is 0 Å². The maximum atomic E-state index is 12.6. The van der Waals surface area contributed by atoms with Crippen molar-refractivity contribution in [2.75, 3.05) is 13.1 Å². The van der Waals surface area contributed by atoms with Gasteiger partial charge in [-0.15, -0.1) is 12.6 Å². The minimum Gasteiger partial charge on any atom is -0.339 e. The van der Waals surface area contributed by atoms with Crippen molar-refractivity contribution in [1.82, 2.24) is 4.90 Å². The number of benzene rings is 1. The van der Waals surface area contributed by atoms with Gasteiger partial charge in [0.2, 0.25) is 0 Å². The Labute approximate surface area is 164 Å². The molecule has 0 spiro atoms. The highest BCUT2D eigenvalue weighted by Crippen LogP contribution is 2.19. The number of rotatable bonds is 10. The van der Waals surface area contributed by atoms with Crippen LogP contribution in [-0.4, -0.2) is 42.3 Å². The molecule has 0 fully saturated rings. The van der Waals surface area contributed by atoms with Gasteiger partial charge in [0.25, 0.3) is 5.91 Å². The summed E-state index contributed by atoms with van der Waals surface area (Å²) in [5, 5.41) is 0. The number of nitrogens with zero attached hydrogens (tertiary/aromatic N) is 1. The SMILES string of the molecule is CCCCC(CC)C(=O)c1ccc(C(=O)N(CC)CCC)cc1.O=S(=O)=O. The summed E-state index contributed by atoms with van der Waals surface area (Å²) < 4.78 is 25.3. The smallest absolute Gasteiger partial charge is 0.339 e. The van der Waals surface area contributed by atoms with Gasteiger partial charge in [-0.1, -0.05) is 45.7 Å². The minimum atomic E-state index is -3.11. The molecule has 1 unspecified atom stereocenters. The third kappa shape index (κ3) is 9.47. The van der Waals surface area contributed by atoms with E-state index in [9.17, 15) is 9.59 Å². The van der Waals surface area contributed by atoms with Crippen molar-refractivity contribution < 1.29 is 22.2 Å². The maximum Gasteiger partial charge on any atom is 0.425 e. The molecule has 0 aliphatic carbocycles. The Kier molecular flexibility index (Phi) is 13.0. The predicted octanol–water partition coefficient (Wildman–Crippen LogP) is 3.95. The third-order valence-corrected chi connectivity index (χ3v) is 4.35. The van der Waals surface area contributed by atoms with Gasteiger partial charge in [0.15, 0.2) is 5.78 Å². The number of carbonyl (C=O) groups is 2. The lowest BCUT2D eigenvalue weighted by Crippen LogP contribution is -2.31. The van der Waals surface area contributed by atoms with Gasteiger partial charge in [0.1, 0.15) is 0 Å². The summed E-state index contributed by atoms with van der Waals surface area (Å²) in [6.07, 6.45) is 4.98. The second-order valence-electron chi connectivity index (χ2n) is 6.28. The number of carbonyl (C=O) groups excluding carboxylic acids is 2. The van der Waals surface area contributed by atoms with Gasteiger partial charge in [-0.2, -0.15) is 0 Å². The molecule has 1 rings (SSSR count). The molecule has 0 saturated carbocycles. The Hall–Kier alpha value is -2.02. The molecule has 1 atom stereocenters. The van der Waals surface area contributed by atoms with Crippen LogP contribution in [0.4, 0.5) is 0 Å². The van der Waals surface area contributed by atoms with Crippen molar-refractivity contribution in [2.45, 2.75) is 59.8 Å². The lowest BCUT2D eigenvalue weighted by atomic mass is 9.90. The fraction of sp³-hybridized carbons (Fsp3) is 0.600. The average molecular weight is 398 g/mol. The third-order valence-electron chi connectivity index (χ3n) is 4.35. The highest BCUT2D eigenvalue weighted by Gasteiger charge is 2.19. The summed E-state index contributed by atoms with van der Waals surface area (Å²) in [7, 11) is -3.11. The molecule has 0 aliphatic heterocycles. The molecular formula is C20H31NO5S. The molecule has 6 nitrogen and oxygen atoms in total. The summed E-state index contributed by atoms with van der Waals surface area (Å²) in [4.78, 5) is 26.8. The first kappa shape index (κ1) is 25.0. The maximum absolute atomic E-state index is 12.6.